The molecule has 3 unspecified atom stereocenters. The van der Waals surface area contributed by atoms with E-state index in [-0.39, 0.29) is 10.7 Å². The Morgan fingerprint density at radius 1 is 1.50 bits per heavy atom. The van der Waals surface area contributed by atoms with Crippen molar-refractivity contribution >= 4 is 21.8 Å². The summed E-state index contributed by atoms with van der Waals surface area (Å²) >= 11 is 3.45. The van der Waals surface area contributed by atoms with E-state index in [2.05, 4.69) is 34.7 Å². The summed E-state index contributed by atoms with van der Waals surface area (Å²) < 4.78 is 0. The molecule has 1 aliphatic rings. The fourth-order valence-corrected chi connectivity index (χ4v) is 2.44. The molecule has 1 amide bonds. The van der Waals surface area contributed by atoms with Crippen molar-refractivity contribution in [3.05, 3.63) is 0 Å². The predicted octanol–water partition coefficient (Wildman–Crippen LogP) is 2.95. The number of halogens is 1. The fourth-order valence-electron chi connectivity index (χ4n) is 2.21. The van der Waals surface area contributed by atoms with Crippen molar-refractivity contribution in [1.82, 2.24) is 4.90 Å². The minimum absolute atomic E-state index is 0.0112. The van der Waals surface area contributed by atoms with E-state index in [1.54, 1.807) is 0 Å². The van der Waals surface area contributed by atoms with Gasteiger partial charge in [-0.25, -0.2) is 0 Å². The highest BCUT2D eigenvalue weighted by Crippen LogP contribution is 2.28. The minimum atomic E-state index is 0.0112. The van der Waals surface area contributed by atoms with Gasteiger partial charge in [-0.2, -0.15) is 0 Å². The first kappa shape index (κ1) is 12.0. The first-order valence-corrected chi connectivity index (χ1v) is 6.49. The van der Waals surface area contributed by atoms with E-state index in [1.165, 1.54) is 6.42 Å². The monoisotopic (exact) mass is 261 g/mol. The topological polar surface area (TPSA) is 20.3 Å². The summed E-state index contributed by atoms with van der Waals surface area (Å²) in [5.74, 6) is 0.282. The number of carbonyl (C=O) groups excluding carboxylic acids is 1. The molecule has 1 rings (SSSR count). The Bertz CT molecular complexity index is 207. The second-order valence-electron chi connectivity index (χ2n) is 4.11. The molecule has 1 aliphatic heterocycles. The van der Waals surface area contributed by atoms with E-state index in [0.717, 1.165) is 19.3 Å². The average Bonchev–Trinajstić information content (AvgIpc) is 2.57. The molecule has 82 valence electrons. The van der Waals surface area contributed by atoms with Crippen LogP contribution in [0.3, 0.4) is 0 Å². The van der Waals surface area contributed by atoms with E-state index in [9.17, 15) is 4.79 Å². The van der Waals surface area contributed by atoms with E-state index >= 15 is 0 Å². The maximum absolute atomic E-state index is 12.0. The van der Waals surface area contributed by atoms with Gasteiger partial charge in [-0.15, -0.1) is 0 Å². The molecule has 14 heavy (non-hydrogen) atoms. The third kappa shape index (κ3) is 2.30. The molecule has 0 saturated carbocycles. The Morgan fingerprint density at radius 3 is 2.64 bits per heavy atom. The zero-order chi connectivity index (χ0) is 10.7. The average molecular weight is 262 g/mol. The normalized spacial score (nSPS) is 29.3. The van der Waals surface area contributed by atoms with Gasteiger partial charge in [-0.1, -0.05) is 29.8 Å². The van der Waals surface area contributed by atoms with Crippen LogP contribution in [0.4, 0.5) is 0 Å². The van der Waals surface area contributed by atoms with Gasteiger partial charge in [0.25, 0.3) is 0 Å². The molecule has 1 heterocycles. The molecule has 2 nitrogen and oxygen atoms in total. The van der Waals surface area contributed by atoms with Gasteiger partial charge < -0.3 is 4.90 Å². The van der Waals surface area contributed by atoms with Crippen LogP contribution in [0.1, 0.15) is 46.5 Å². The van der Waals surface area contributed by atoms with Crippen LogP contribution in [0.2, 0.25) is 0 Å². The number of nitrogens with zero attached hydrogens (tertiary/aromatic N) is 1. The van der Waals surface area contributed by atoms with Gasteiger partial charge in [-0.3, -0.25) is 4.79 Å². The van der Waals surface area contributed by atoms with Crippen LogP contribution in [0.5, 0.6) is 0 Å². The van der Waals surface area contributed by atoms with Gasteiger partial charge in [0.1, 0.15) is 0 Å². The van der Waals surface area contributed by atoms with Crippen LogP contribution in [0, 0.1) is 0 Å². The highest BCUT2D eigenvalue weighted by molar-refractivity contribution is 9.10. The largest absolute Gasteiger partial charge is 0.336 e. The second kappa shape index (κ2) is 5.15. The lowest BCUT2D eigenvalue weighted by Crippen LogP contribution is -2.43. The highest BCUT2D eigenvalue weighted by Gasteiger charge is 2.34. The summed E-state index contributed by atoms with van der Waals surface area (Å²) in [7, 11) is 0. The Hall–Kier alpha value is -0.0500. The maximum atomic E-state index is 12.0. The Balaban J connectivity index is 2.68. The Kier molecular flexibility index (Phi) is 4.42. The first-order chi connectivity index (χ1) is 6.61. The summed E-state index contributed by atoms with van der Waals surface area (Å²) in [4.78, 5) is 14.1. The van der Waals surface area contributed by atoms with E-state index in [4.69, 9.17) is 0 Å². The quantitative estimate of drug-likeness (QED) is 0.716. The number of alkyl halides is 1. The molecule has 3 atom stereocenters. The number of carbonyl (C=O) groups is 1. The van der Waals surface area contributed by atoms with Gasteiger partial charge in [0.2, 0.25) is 5.91 Å². The number of rotatable bonds is 3. The smallest absolute Gasteiger partial charge is 0.236 e. The zero-order valence-corrected chi connectivity index (χ0v) is 10.9. The van der Waals surface area contributed by atoms with Crippen LogP contribution in [-0.2, 0) is 4.79 Å². The summed E-state index contributed by atoms with van der Waals surface area (Å²) in [5, 5.41) is 0. The number of hydrogen-bond acceptors (Lipinski definition) is 1. The molecular weight excluding hydrogens is 242 g/mol. The molecule has 0 bridgehead atoms. The molecule has 0 aromatic rings. The van der Waals surface area contributed by atoms with Crippen molar-refractivity contribution in [2.75, 3.05) is 0 Å². The predicted molar refractivity (Wildman–Crippen MR) is 62.6 cm³/mol. The Labute approximate surface area is 95.2 Å². The van der Waals surface area contributed by atoms with Crippen LogP contribution >= 0.6 is 15.9 Å². The maximum Gasteiger partial charge on any atom is 0.236 e. The molecule has 0 radical (unpaired) electrons. The molecule has 1 saturated heterocycles. The van der Waals surface area contributed by atoms with Crippen LogP contribution in [0.25, 0.3) is 0 Å². The molecular formula is C11H20BrNO. The number of likely N-dealkylation sites (tertiary alicyclic amines) is 1. The molecule has 1 fully saturated rings. The summed E-state index contributed by atoms with van der Waals surface area (Å²) in [6.45, 7) is 6.36. The number of amides is 1. The summed E-state index contributed by atoms with van der Waals surface area (Å²) in [6.07, 6.45) is 4.29. The van der Waals surface area contributed by atoms with Crippen molar-refractivity contribution in [3.63, 3.8) is 0 Å². The summed E-state index contributed by atoms with van der Waals surface area (Å²) in [5.41, 5.74) is 0. The third-order valence-corrected chi connectivity index (χ3v) is 4.18. The van der Waals surface area contributed by atoms with Gasteiger partial charge in [0, 0.05) is 12.1 Å². The van der Waals surface area contributed by atoms with E-state index < -0.39 is 0 Å². The van der Waals surface area contributed by atoms with Crippen molar-refractivity contribution in [1.29, 1.82) is 0 Å². The standard InChI is InChI=1S/C11H20BrNO/c1-4-9-7-6-8(3)13(9)11(14)10(12)5-2/h8-10H,4-7H2,1-3H3. The molecule has 3 heteroatoms. The second-order valence-corrected chi connectivity index (χ2v) is 5.22. The highest BCUT2D eigenvalue weighted by atomic mass is 79.9. The fraction of sp³-hybridized carbons (Fsp3) is 0.909. The molecule has 0 aromatic carbocycles. The number of hydrogen-bond donors (Lipinski definition) is 0. The van der Waals surface area contributed by atoms with E-state index in [1.807, 2.05) is 6.92 Å². The third-order valence-electron chi connectivity index (χ3n) is 3.14. The van der Waals surface area contributed by atoms with Gasteiger partial charge in [-0.05, 0) is 32.6 Å². The van der Waals surface area contributed by atoms with Crippen LogP contribution < -0.4 is 0 Å². The first-order valence-electron chi connectivity index (χ1n) is 5.58. The van der Waals surface area contributed by atoms with Crippen LogP contribution in [-0.4, -0.2) is 27.7 Å². The SMILES string of the molecule is CCC(Br)C(=O)N1C(C)CCC1CC. The molecule has 0 N–H and O–H groups in total. The van der Waals surface area contributed by atoms with Crippen molar-refractivity contribution in [2.45, 2.75) is 63.4 Å². The van der Waals surface area contributed by atoms with Gasteiger partial charge in [0.05, 0.1) is 4.83 Å². The molecule has 0 aliphatic carbocycles. The lowest BCUT2D eigenvalue weighted by atomic mass is 10.1. The molecule has 0 spiro atoms. The summed E-state index contributed by atoms with van der Waals surface area (Å²) in [6, 6.07) is 0.906. The zero-order valence-electron chi connectivity index (χ0n) is 9.29. The van der Waals surface area contributed by atoms with Crippen molar-refractivity contribution < 1.29 is 4.79 Å². The van der Waals surface area contributed by atoms with Gasteiger partial charge >= 0.3 is 0 Å². The molecule has 0 aromatic heterocycles. The Morgan fingerprint density at radius 2 is 2.14 bits per heavy atom. The van der Waals surface area contributed by atoms with Gasteiger partial charge in [0.15, 0.2) is 0 Å². The van der Waals surface area contributed by atoms with Crippen molar-refractivity contribution in [3.8, 4) is 0 Å². The van der Waals surface area contributed by atoms with Crippen molar-refractivity contribution in [2.24, 2.45) is 0 Å². The van der Waals surface area contributed by atoms with E-state index in [0.29, 0.717) is 12.1 Å². The minimum Gasteiger partial charge on any atom is -0.336 e. The van der Waals surface area contributed by atoms with Crippen LogP contribution in [0.15, 0.2) is 0 Å². The lowest BCUT2D eigenvalue weighted by Gasteiger charge is -2.29. The lowest BCUT2D eigenvalue weighted by molar-refractivity contribution is -0.133.